The van der Waals surface area contributed by atoms with Crippen molar-refractivity contribution in [3.05, 3.63) is 59.9 Å². The van der Waals surface area contributed by atoms with Crippen LogP contribution in [0.3, 0.4) is 0 Å². The number of imidazole rings is 1. The van der Waals surface area contributed by atoms with Crippen molar-refractivity contribution in [3.63, 3.8) is 0 Å². The Bertz CT molecular complexity index is 1050. The number of rotatable bonds is 6. The summed E-state index contributed by atoms with van der Waals surface area (Å²) in [5.41, 5.74) is 1.99. The highest BCUT2D eigenvalue weighted by molar-refractivity contribution is 7.91. The van der Waals surface area contributed by atoms with Crippen LogP contribution in [0.5, 0.6) is 0 Å². The van der Waals surface area contributed by atoms with Crippen LogP contribution in [0, 0.1) is 0 Å². The van der Waals surface area contributed by atoms with Gasteiger partial charge < -0.3 is 9.88 Å². The molecule has 0 aliphatic carbocycles. The van der Waals surface area contributed by atoms with Crippen LogP contribution in [0.25, 0.3) is 11.0 Å². The van der Waals surface area contributed by atoms with E-state index < -0.39 is 15.7 Å². The molecular weight excluding hydrogens is 350 g/mol. The molecule has 0 aliphatic heterocycles. The van der Waals surface area contributed by atoms with Crippen LogP contribution in [0.1, 0.15) is 29.5 Å². The van der Waals surface area contributed by atoms with Crippen molar-refractivity contribution in [2.75, 3.05) is 5.75 Å². The molecule has 0 fully saturated rings. The van der Waals surface area contributed by atoms with E-state index in [1.807, 2.05) is 35.9 Å². The van der Waals surface area contributed by atoms with Crippen LogP contribution >= 0.6 is 0 Å². The number of benzene rings is 2. The van der Waals surface area contributed by atoms with Crippen molar-refractivity contribution < 1.29 is 13.2 Å². The second-order valence-electron chi connectivity index (χ2n) is 6.07. The van der Waals surface area contributed by atoms with Crippen molar-refractivity contribution in [2.24, 2.45) is 7.05 Å². The number of sulfone groups is 1. The molecule has 0 atom stereocenters. The van der Waals surface area contributed by atoms with E-state index in [9.17, 15) is 13.2 Å². The summed E-state index contributed by atoms with van der Waals surface area (Å²) < 4.78 is 26.7. The van der Waals surface area contributed by atoms with Gasteiger partial charge in [-0.2, -0.15) is 0 Å². The number of para-hydroxylation sites is 2. The number of nitrogens with one attached hydrogen (secondary N) is 1. The summed E-state index contributed by atoms with van der Waals surface area (Å²) in [6, 6.07) is 14.0. The summed E-state index contributed by atoms with van der Waals surface area (Å²) in [5, 5.41) is 2.78. The van der Waals surface area contributed by atoms with E-state index in [1.54, 1.807) is 19.1 Å². The third kappa shape index (κ3) is 3.48. The maximum absolute atomic E-state index is 12.6. The normalized spacial score (nSPS) is 11.6. The molecule has 0 saturated heterocycles. The van der Waals surface area contributed by atoms with E-state index in [2.05, 4.69) is 10.3 Å². The fraction of sp³-hybridized carbons (Fsp3) is 0.263. The van der Waals surface area contributed by atoms with E-state index in [0.717, 1.165) is 11.0 Å². The van der Waals surface area contributed by atoms with E-state index in [0.29, 0.717) is 12.2 Å². The average molecular weight is 371 g/mol. The molecule has 0 saturated carbocycles. The summed E-state index contributed by atoms with van der Waals surface area (Å²) >= 11 is 0. The average Bonchev–Trinajstić information content (AvgIpc) is 2.96. The molecular formula is C19H21N3O3S. The minimum atomic E-state index is -3.48. The monoisotopic (exact) mass is 371 g/mol. The molecule has 0 bridgehead atoms. The van der Waals surface area contributed by atoms with Crippen molar-refractivity contribution in [1.29, 1.82) is 0 Å². The number of aromatic nitrogens is 2. The van der Waals surface area contributed by atoms with Gasteiger partial charge in [0.25, 0.3) is 5.91 Å². The van der Waals surface area contributed by atoms with E-state index >= 15 is 0 Å². The third-order valence-corrected chi connectivity index (χ3v) is 6.20. The zero-order valence-electron chi connectivity index (χ0n) is 14.8. The van der Waals surface area contributed by atoms with Crippen LogP contribution in [0.2, 0.25) is 0 Å². The Labute approximate surface area is 152 Å². The molecule has 1 heterocycles. The van der Waals surface area contributed by atoms with E-state index in [1.165, 1.54) is 12.1 Å². The molecule has 6 nitrogen and oxygen atoms in total. The number of aryl methyl sites for hydroxylation is 1. The fourth-order valence-corrected chi connectivity index (χ4v) is 4.45. The van der Waals surface area contributed by atoms with Crippen LogP contribution in [-0.4, -0.2) is 29.6 Å². The van der Waals surface area contributed by atoms with E-state index in [4.69, 9.17) is 0 Å². The third-order valence-electron chi connectivity index (χ3n) is 4.23. The molecule has 0 aliphatic rings. The minimum absolute atomic E-state index is 0.0159. The molecule has 3 rings (SSSR count). The van der Waals surface area contributed by atoms with Gasteiger partial charge >= 0.3 is 0 Å². The first kappa shape index (κ1) is 18.1. The van der Waals surface area contributed by atoms with Gasteiger partial charge in [0, 0.05) is 7.05 Å². The zero-order chi connectivity index (χ0) is 18.7. The van der Waals surface area contributed by atoms with Gasteiger partial charge in [-0.05, 0) is 30.7 Å². The van der Waals surface area contributed by atoms with Crippen molar-refractivity contribution >= 4 is 26.8 Å². The van der Waals surface area contributed by atoms with Crippen molar-refractivity contribution in [2.45, 2.75) is 24.8 Å². The van der Waals surface area contributed by atoms with Crippen LogP contribution in [0.4, 0.5) is 0 Å². The Morgan fingerprint density at radius 2 is 1.81 bits per heavy atom. The number of nitrogens with zero attached hydrogens (tertiary/aromatic N) is 2. The summed E-state index contributed by atoms with van der Waals surface area (Å²) in [6.07, 6.45) is 0.498. The van der Waals surface area contributed by atoms with Gasteiger partial charge in [-0.1, -0.05) is 31.2 Å². The molecule has 1 N–H and O–H groups in total. The van der Waals surface area contributed by atoms with Crippen molar-refractivity contribution in [1.82, 2.24) is 14.9 Å². The van der Waals surface area contributed by atoms with Gasteiger partial charge in [0.05, 0.1) is 33.8 Å². The predicted octanol–water partition coefficient (Wildman–Crippen LogP) is 2.69. The summed E-state index contributed by atoms with van der Waals surface area (Å²) in [7, 11) is -1.59. The largest absolute Gasteiger partial charge is 0.345 e. The molecule has 0 spiro atoms. The molecule has 0 unspecified atom stereocenters. The van der Waals surface area contributed by atoms with E-state index in [-0.39, 0.29) is 22.8 Å². The number of hydrogen-bond donors (Lipinski definition) is 1. The first-order valence-corrected chi connectivity index (χ1v) is 10.1. The summed E-state index contributed by atoms with van der Waals surface area (Å²) in [4.78, 5) is 17.2. The number of amides is 1. The molecule has 0 radical (unpaired) electrons. The van der Waals surface area contributed by atoms with Gasteiger partial charge in [0.1, 0.15) is 5.82 Å². The Hall–Kier alpha value is -2.67. The lowest BCUT2D eigenvalue weighted by atomic mass is 10.2. The van der Waals surface area contributed by atoms with Gasteiger partial charge in [0.2, 0.25) is 0 Å². The lowest BCUT2D eigenvalue weighted by Crippen LogP contribution is -2.26. The molecule has 3 aromatic rings. The number of hydrogen-bond acceptors (Lipinski definition) is 4. The molecule has 2 aromatic carbocycles. The highest BCUT2D eigenvalue weighted by Gasteiger charge is 2.21. The topological polar surface area (TPSA) is 81.1 Å². The Morgan fingerprint density at radius 3 is 2.54 bits per heavy atom. The standard InChI is InChI=1S/C19H21N3O3S/c1-3-12-26(24,25)17-11-7-4-8-14(17)19(23)20-13-18-21-15-9-5-6-10-16(15)22(18)2/h4-11H,3,12-13H2,1-2H3,(H,20,23). The maximum atomic E-state index is 12.6. The molecule has 136 valence electrons. The lowest BCUT2D eigenvalue weighted by molar-refractivity contribution is 0.0946. The molecule has 7 heteroatoms. The SMILES string of the molecule is CCCS(=O)(=O)c1ccccc1C(=O)NCc1nc2ccccc2n1C. The number of carbonyl (C=O) groups is 1. The van der Waals surface area contributed by atoms with Gasteiger partial charge in [-0.25, -0.2) is 13.4 Å². The number of fused-ring (bicyclic) bond motifs is 1. The number of carbonyl (C=O) groups excluding carboxylic acids is 1. The summed E-state index contributed by atoms with van der Waals surface area (Å²) in [5.74, 6) is 0.294. The highest BCUT2D eigenvalue weighted by Crippen LogP contribution is 2.18. The van der Waals surface area contributed by atoms with Crippen LogP contribution in [0.15, 0.2) is 53.4 Å². The second-order valence-corrected chi connectivity index (χ2v) is 8.15. The van der Waals surface area contributed by atoms with Crippen LogP contribution in [-0.2, 0) is 23.4 Å². The van der Waals surface area contributed by atoms with Gasteiger partial charge in [-0.3, -0.25) is 4.79 Å². The smallest absolute Gasteiger partial charge is 0.252 e. The van der Waals surface area contributed by atoms with Crippen molar-refractivity contribution in [3.8, 4) is 0 Å². The Morgan fingerprint density at radius 1 is 1.12 bits per heavy atom. The van der Waals surface area contributed by atoms with Crippen LogP contribution < -0.4 is 5.32 Å². The second kappa shape index (κ2) is 7.29. The fourth-order valence-electron chi connectivity index (χ4n) is 2.91. The highest BCUT2D eigenvalue weighted by atomic mass is 32.2. The minimum Gasteiger partial charge on any atom is -0.345 e. The zero-order valence-corrected chi connectivity index (χ0v) is 15.6. The maximum Gasteiger partial charge on any atom is 0.252 e. The Kier molecular flexibility index (Phi) is 5.08. The summed E-state index contributed by atoms with van der Waals surface area (Å²) in [6.45, 7) is 2.01. The first-order valence-electron chi connectivity index (χ1n) is 8.44. The lowest BCUT2D eigenvalue weighted by Gasteiger charge is -2.10. The van der Waals surface area contributed by atoms with Gasteiger partial charge in [-0.15, -0.1) is 0 Å². The quantitative estimate of drug-likeness (QED) is 0.722. The molecule has 1 amide bonds. The molecule has 26 heavy (non-hydrogen) atoms. The molecule has 1 aromatic heterocycles. The Balaban J connectivity index is 1.84. The predicted molar refractivity (Wildman–Crippen MR) is 101 cm³/mol. The first-order chi connectivity index (χ1) is 12.4. The van der Waals surface area contributed by atoms with Gasteiger partial charge in [0.15, 0.2) is 9.84 Å².